The lowest BCUT2D eigenvalue weighted by Gasteiger charge is -2.12. The lowest BCUT2D eigenvalue weighted by Crippen LogP contribution is -2.36. The van der Waals surface area contributed by atoms with Crippen molar-refractivity contribution >= 4 is 17.1 Å². The molecule has 2 N–H and O–H groups in total. The molecule has 0 aliphatic heterocycles. The van der Waals surface area contributed by atoms with Gasteiger partial charge in [0, 0.05) is 11.6 Å². The summed E-state index contributed by atoms with van der Waals surface area (Å²) in [6.45, 7) is 3.90. The van der Waals surface area contributed by atoms with Crippen LogP contribution in [0.5, 0.6) is 0 Å². The van der Waals surface area contributed by atoms with Crippen molar-refractivity contribution in [3.63, 3.8) is 0 Å². The van der Waals surface area contributed by atoms with Crippen molar-refractivity contribution in [3.05, 3.63) is 16.6 Å². The molecule has 0 spiro atoms. The Morgan fingerprint density at radius 2 is 2.38 bits per heavy atom. The fraction of sp³-hybridized carbons (Fsp3) is 0.556. The van der Waals surface area contributed by atoms with Crippen molar-refractivity contribution in [2.45, 2.75) is 26.3 Å². The van der Waals surface area contributed by atoms with Gasteiger partial charge in [-0.25, -0.2) is 4.98 Å². The molecule has 0 aliphatic rings. The maximum Gasteiger partial charge on any atom is 0.156 e. The van der Waals surface area contributed by atoms with Gasteiger partial charge in [0.25, 0.3) is 0 Å². The minimum absolute atomic E-state index is 0.0740. The summed E-state index contributed by atoms with van der Waals surface area (Å²) in [5, 5.41) is 2.71. The van der Waals surface area contributed by atoms with Gasteiger partial charge in [0.1, 0.15) is 0 Å². The summed E-state index contributed by atoms with van der Waals surface area (Å²) in [6.07, 6.45) is 2.07. The molecule has 3 nitrogen and oxygen atoms in total. The summed E-state index contributed by atoms with van der Waals surface area (Å²) in [7, 11) is 0. The second-order valence-corrected chi connectivity index (χ2v) is 4.32. The largest absolute Gasteiger partial charge is 0.321 e. The molecule has 0 aliphatic carbocycles. The third kappa shape index (κ3) is 2.90. The van der Waals surface area contributed by atoms with E-state index >= 15 is 0 Å². The number of hydrogen-bond donors (Lipinski definition) is 1. The number of rotatable bonds is 4. The van der Waals surface area contributed by atoms with Crippen LogP contribution in [0.1, 0.15) is 18.9 Å². The van der Waals surface area contributed by atoms with Gasteiger partial charge in [-0.3, -0.25) is 4.79 Å². The molecule has 1 aromatic rings. The predicted molar refractivity (Wildman–Crippen MR) is 53.6 cm³/mol. The molecule has 1 atom stereocenters. The number of carbonyl (C=O) groups is 1. The number of ketones is 1. The van der Waals surface area contributed by atoms with Crippen LogP contribution in [0.25, 0.3) is 0 Å². The van der Waals surface area contributed by atoms with Crippen LogP contribution in [0.4, 0.5) is 0 Å². The Morgan fingerprint density at radius 3 is 2.85 bits per heavy atom. The number of Topliss-reactive ketones (excluding diaryl/α,β-unsaturated/α-hetero) is 1. The molecule has 0 radical (unpaired) electrons. The fourth-order valence-corrected chi connectivity index (χ4v) is 1.61. The third-order valence-electron chi connectivity index (χ3n) is 1.90. The fourth-order valence-electron chi connectivity index (χ4n) is 0.979. The molecule has 1 rings (SSSR count). The standard InChI is InChI=1S/C9H14N2OS/c1-6(2)9(10)7(12)5-8-11-3-4-13-8/h3-4,6,9H,5,10H2,1-2H3. The van der Waals surface area contributed by atoms with Crippen LogP contribution < -0.4 is 5.73 Å². The molecule has 0 bridgehead atoms. The maximum absolute atomic E-state index is 11.5. The van der Waals surface area contributed by atoms with Gasteiger partial charge < -0.3 is 5.73 Å². The van der Waals surface area contributed by atoms with E-state index in [1.54, 1.807) is 6.20 Å². The van der Waals surface area contributed by atoms with Gasteiger partial charge >= 0.3 is 0 Å². The number of aromatic nitrogens is 1. The minimum atomic E-state index is -0.358. The minimum Gasteiger partial charge on any atom is -0.321 e. The molecule has 1 aromatic heterocycles. The summed E-state index contributed by atoms with van der Waals surface area (Å²) in [5.74, 6) is 0.275. The average molecular weight is 198 g/mol. The molecule has 1 heterocycles. The molecule has 72 valence electrons. The quantitative estimate of drug-likeness (QED) is 0.792. The van der Waals surface area contributed by atoms with Gasteiger partial charge in [0.2, 0.25) is 0 Å². The monoisotopic (exact) mass is 198 g/mol. The number of nitrogens with two attached hydrogens (primary N) is 1. The van der Waals surface area contributed by atoms with E-state index in [0.29, 0.717) is 6.42 Å². The summed E-state index contributed by atoms with van der Waals surface area (Å²) in [5.41, 5.74) is 5.70. The van der Waals surface area contributed by atoms with Gasteiger partial charge in [-0.05, 0) is 5.92 Å². The molecule has 4 heteroatoms. The average Bonchev–Trinajstić information content (AvgIpc) is 2.55. The normalized spacial score (nSPS) is 13.2. The van der Waals surface area contributed by atoms with Crippen molar-refractivity contribution < 1.29 is 4.79 Å². The second-order valence-electron chi connectivity index (χ2n) is 3.34. The zero-order chi connectivity index (χ0) is 9.84. The molecule has 13 heavy (non-hydrogen) atoms. The Balaban J connectivity index is 2.51. The zero-order valence-electron chi connectivity index (χ0n) is 7.86. The molecule has 1 unspecified atom stereocenters. The maximum atomic E-state index is 11.5. The van der Waals surface area contributed by atoms with E-state index in [1.807, 2.05) is 19.2 Å². The highest BCUT2D eigenvalue weighted by atomic mass is 32.1. The first kappa shape index (κ1) is 10.3. The Labute approximate surface area is 82.0 Å². The van der Waals surface area contributed by atoms with E-state index < -0.39 is 0 Å². The summed E-state index contributed by atoms with van der Waals surface area (Å²) >= 11 is 1.49. The van der Waals surface area contributed by atoms with E-state index in [2.05, 4.69) is 4.98 Å². The Morgan fingerprint density at radius 1 is 1.69 bits per heavy atom. The van der Waals surface area contributed by atoms with Crippen molar-refractivity contribution in [2.24, 2.45) is 11.7 Å². The van der Waals surface area contributed by atoms with Crippen LogP contribution in [0, 0.1) is 5.92 Å². The molecule has 0 amide bonds. The van der Waals surface area contributed by atoms with Crippen molar-refractivity contribution in [2.75, 3.05) is 0 Å². The van der Waals surface area contributed by atoms with Gasteiger partial charge in [-0.1, -0.05) is 13.8 Å². The summed E-state index contributed by atoms with van der Waals surface area (Å²) in [6, 6.07) is -0.358. The van der Waals surface area contributed by atoms with Crippen LogP contribution in [-0.4, -0.2) is 16.8 Å². The van der Waals surface area contributed by atoms with Gasteiger partial charge in [-0.2, -0.15) is 0 Å². The van der Waals surface area contributed by atoms with Crippen LogP contribution in [0.3, 0.4) is 0 Å². The highest BCUT2D eigenvalue weighted by Crippen LogP contribution is 2.08. The van der Waals surface area contributed by atoms with Crippen molar-refractivity contribution in [3.8, 4) is 0 Å². The highest BCUT2D eigenvalue weighted by molar-refractivity contribution is 7.09. The third-order valence-corrected chi connectivity index (χ3v) is 2.68. The van der Waals surface area contributed by atoms with Crippen molar-refractivity contribution in [1.82, 2.24) is 4.98 Å². The first-order valence-electron chi connectivity index (χ1n) is 4.28. The molecule has 0 fully saturated rings. The highest BCUT2D eigenvalue weighted by Gasteiger charge is 2.17. The van der Waals surface area contributed by atoms with E-state index in [0.717, 1.165) is 5.01 Å². The molecule has 0 saturated heterocycles. The van der Waals surface area contributed by atoms with Crippen LogP contribution in [0.15, 0.2) is 11.6 Å². The Bertz CT molecular complexity index is 269. The predicted octanol–water partition coefficient (Wildman–Crippen LogP) is 1.24. The molecule has 0 saturated carbocycles. The lowest BCUT2D eigenvalue weighted by atomic mass is 9.99. The molecule has 0 aromatic carbocycles. The van der Waals surface area contributed by atoms with Crippen LogP contribution in [0.2, 0.25) is 0 Å². The van der Waals surface area contributed by atoms with E-state index in [1.165, 1.54) is 11.3 Å². The molecular formula is C9H14N2OS. The SMILES string of the molecule is CC(C)C(N)C(=O)Cc1nccs1. The lowest BCUT2D eigenvalue weighted by molar-refractivity contribution is -0.120. The Kier molecular flexibility index (Phi) is 3.57. The van der Waals surface area contributed by atoms with E-state index in [4.69, 9.17) is 5.73 Å². The number of carbonyl (C=O) groups excluding carboxylic acids is 1. The zero-order valence-corrected chi connectivity index (χ0v) is 8.67. The topological polar surface area (TPSA) is 56.0 Å². The Hall–Kier alpha value is -0.740. The first-order chi connectivity index (χ1) is 6.11. The number of thiazole rings is 1. The van der Waals surface area contributed by atoms with E-state index in [-0.39, 0.29) is 17.7 Å². The van der Waals surface area contributed by atoms with Crippen LogP contribution >= 0.6 is 11.3 Å². The van der Waals surface area contributed by atoms with Crippen LogP contribution in [-0.2, 0) is 11.2 Å². The van der Waals surface area contributed by atoms with Gasteiger partial charge in [0.05, 0.1) is 17.5 Å². The van der Waals surface area contributed by atoms with E-state index in [9.17, 15) is 4.79 Å². The molecular weight excluding hydrogens is 184 g/mol. The second kappa shape index (κ2) is 4.48. The first-order valence-corrected chi connectivity index (χ1v) is 5.16. The number of hydrogen-bond acceptors (Lipinski definition) is 4. The van der Waals surface area contributed by atoms with Gasteiger partial charge in [0.15, 0.2) is 5.78 Å². The smallest absolute Gasteiger partial charge is 0.156 e. The summed E-state index contributed by atoms with van der Waals surface area (Å²) < 4.78 is 0. The van der Waals surface area contributed by atoms with Crippen molar-refractivity contribution in [1.29, 1.82) is 0 Å². The number of nitrogens with zero attached hydrogens (tertiary/aromatic N) is 1. The summed E-state index contributed by atoms with van der Waals surface area (Å²) in [4.78, 5) is 15.5. The van der Waals surface area contributed by atoms with Gasteiger partial charge in [-0.15, -0.1) is 11.3 Å².